The van der Waals surface area contributed by atoms with Crippen molar-refractivity contribution >= 4 is 11.6 Å². The number of hydrogen-bond acceptors (Lipinski definition) is 3. The van der Waals surface area contributed by atoms with E-state index in [0.29, 0.717) is 11.6 Å². The molecule has 4 heteroatoms. The van der Waals surface area contributed by atoms with E-state index in [0.717, 1.165) is 50.0 Å². The van der Waals surface area contributed by atoms with E-state index in [-0.39, 0.29) is 11.5 Å². The third kappa shape index (κ3) is 3.11. The van der Waals surface area contributed by atoms with E-state index in [1.807, 2.05) is 25.1 Å². The number of benzene rings is 1. The Morgan fingerprint density at radius 1 is 1.29 bits per heavy atom. The second kappa shape index (κ2) is 6.25. The van der Waals surface area contributed by atoms with Crippen molar-refractivity contribution in [3.8, 4) is 0 Å². The van der Waals surface area contributed by atoms with Crippen molar-refractivity contribution in [2.45, 2.75) is 44.3 Å². The molecule has 0 aliphatic carbocycles. The zero-order valence-electron chi connectivity index (χ0n) is 12.5. The van der Waals surface area contributed by atoms with Gasteiger partial charge in [0.05, 0.1) is 11.7 Å². The summed E-state index contributed by atoms with van der Waals surface area (Å²) in [6.07, 6.45) is 3.12. The number of aliphatic hydroxyl groups excluding tert-OH is 1. The van der Waals surface area contributed by atoms with Crippen LogP contribution in [-0.2, 0) is 9.47 Å². The summed E-state index contributed by atoms with van der Waals surface area (Å²) in [7, 11) is 0. The summed E-state index contributed by atoms with van der Waals surface area (Å²) in [5.41, 5.74) is 1.77. The third-order valence-electron chi connectivity index (χ3n) is 4.92. The van der Waals surface area contributed by atoms with Crippen LogP contribution in [0.3, 0.4) is 0 Å². The van der Waals surface area contributed by atoms with Crippen molar-refractivity contribution in [2.75, 3.05) is 19.8 Å². The quantitative estimate of drug-likeness (QED) is 0.906. The van der Waals surface area contributed by atoms with Crippen LogP contribution in [0.1, 0.15) is 42.9 Å². The first-order valence-electron chi connectivity index (χ1n) is 7.76. The Morgan fingerprint density at radius 2 is 2.05 bits per heavy atom. The lowest BCUT2D eigenvalue weighted by atomic mass is 9.77. The monoisotopic (exact) mass is 310 g/mol. The second-order valence-corrected chi connectivity index (χ2v) is 6.70. The zero-order valence-corrected chi connectivity index (χ0v) is 13.2. The number of aryl methyl sites for hydroxylation is 1. The molecule has 21 heavy (non-hydrogen) atoms. The predicted octanol–water partition coefficient (Wildman–Crippen LogP) is 3.66. The molecule has 116 valence electrons. The van der Waals surface area contributed by atoms with Gasteiger partial charge in [-0.3, -0.25) is 0 Å². The van der Waals surface area contributed by atoms with E-state index >= 15 is 0 Å². The Kier molecular flexibility index (Phi) is 4.55. The predicted molar refractivity (Wildman–Crippen MR) is 82.6 cm³/mol. The minimum absolute atomic E-state index is 0.0988. The van der Waals surface area contributed by atoms with Crippen molar-refractivity contribution in [1.82, 2.24) is 0 Å². The third-order valence-corrected chi connectivity index (χ3v) is 5.44. The molecule has 3 rings (SSSR count). The molecule has 0 radical (unpaired) electrons. The maximum Gasteiger partial charge on any atom is 0.0834 e. The maximum atomic E-state index is 10.8. The minimum Gasteiger partial charge on any atom is -0.388 e. The molecular weight excluding hydrogens is 288 g/mol. The van der Waals surface area contributed by atoms with Crippen LogP contribution in [0.15, 0.2) is 18.2 Å². The van der Waals surface area contributed by atoms with Crippen LogP contribution in [0.25, 0.3) is 0 Å². The summed E-state index contributed by atoms with van der Waals surface area (Å²) in [6, 6.07) is 5.87. The van der Waals surface area contributed by atoms with Crippen LogP contribution in [0.5, 0.6) is 0 Å². The average molecular weight is 311 g/mol. The van der Waals surface area contributed by atoms with Crippen LogP contribution in [0, 0.1) is 12.8 Å². The van der Waals surface area contributed by atoms with Gasteiger partial charge < -0.3 is 14.6 Å². The highest BCUT2D eigenvalue weighted by molar-refractivity contribution is 6.32. The average Bonchev–Trinajstić information content (AvgIpc) is 2.50. The standard InChI is InChI=1S/C17H23ClO3/c1-12-3-2-4-14(15(12)18)16(19)13-5-8-21-17(11-13)6-9-20-10-7-17/h2-4,13,16,19H,5-11H2,1H3. The van der Waals surface area contributed by atoms with Gasteiger partial charge in [-0.05, 0) is 49.7 Å². The molecule has 1 N–H and O–H groups in total. The fourth-order valence-corrected chi connectivity index (χ4v) is 3.82. The van der Waals surface area contributed by atoms with Crippen LogP contribution < -0.4 is 0 Å². The molecule has 2 atom stereocenters. The summed E-state index contributed by atoms with van der Waals surface area (Å²) in [5, 5.41) is 11.5. The van der Waals surface area contributed by atoms with Crippen molar-refractivity contribution in [3.63, 3.8) is 0 Å². The lowest BCUT2D eigenvalue weighted by molar-refractivity contribution is -0.159. The van der Waals surface area contributed by atoms with Gasteiger partial charge in [0.25, 0.3) is 0 Å². The Bertz CT molecular complexity index is 491. The first-order valence-corrected chi connectivity index (χ1v) is 8.14. The highest BCUT2D eigenvalue weighted by Crippen LogP contribution is 2.43. The molecule has 1 spiro atoms. The lowest BCUT2D eigenvalue weighted by Crippen LogP contribution is -2.45. The van der Waals surface area contributed by atoms with E-state index in [4.69, 9.17) is 21.1 Å². The van der Waals surface area contributed by atoms with E-state index in [9.17, 15) is 5.11 Å². The maximum absolute atomic E-state index is 10.8. The van der Waals surface area contributed by atoms with Gasteiger partial charge in [0.2, 0.25) is 0 Å². The molecule has 0 saturated carbocycles. The van der Waals surface area contributed by atoms with Gasteiger partial charge in [-0.1, -0.05) is 29.8 Å². The number of ether oxygens (including phenoxy) is 2. The summed E-state index contributed by atoms with van der Waals surface area (Å²) in [5.74, 6) is 0.205. The van der Waals surface area contributed by atoms with Gasteiger partial charge in [-0.15, -0.1) is 0 Å². The summed E-state index contributed by atoms with van der Waals surface area (Å²) < 4.78 is 11.5. The number of hydrogen-bond donors (Lipinski definition) is 1. The molecule has 1 aromatic carbocycles. The normalized spacial score (nSPS) is 26.7. The Balaban J connectivity index is 1.78. The van der Waals surface area contributed by atoms with E-state index < -0.39 is 6.10 Å². The molecule has 2 aliphatic rings. The first kappa shape index (κ1) is 15.3. The van der Waals surface area contributed by atoms with Gasteiger partial charge in [0, 0.05) is 24.8 Å². The fourth-order valence-electron chi connectivity index (χ4n) is 3.58. The molecule has 2 aliphatic heterocycles. The molecule has 1 aromatic rings. The highest BCUT2D eigenvalue weighted by atomic mass is 35.5. The molecule has 3 nitrogen and oxygen atoms in total. The van der Waals surface area contributed by atoms with Gasteiger partial charge in [-0.25, -0.2) is 0 Å². The number of rotatable bonds is 2. The Labute approximate surface area is 131 Å². The number of aliphatic hydroxyl groups is 1. The molecule has 0 aromatic heterocycles. The molecule has 0 amide bonds. The Morgan fingerprint density at radius 3 is 2.81 bits per heavy atom. The topological polar surface area (TPSA) is 38.7 Å². The van der Waals surface area contributed by atoms with Crippen LogP contribution in [0.4, 0.5) is 0 Å². The molecule has 2 heterocycles. The van der Waals surface area contributed by atoms with Crippen molar-refractivity contribution in [3.05, 3.63) is 34.3 Å². The van der Waals surface area contributed by atoms with E-state index in [1.54, 1.807) is 0 Å². The summed E-state index contributed by atoms with van der Waals surface area (Å²) >= 11 is 6.37. The van der Waals surface area contributed by atoms with Gasteiger partial charge in [0.1, 0.15) is 0 Å². The van der Waals surface area contributed by atoms with E-state index in [2.05, 4.69) is 0 Å². The first-order chi connectivity index (χ1) is 10.1. The molecule has 0 bridgehead atoms. The summed E-state index contributed by atoms with van der Waals surface area (Å²) in [6.45, 7) is 4.20. The van der Waals surface area contributed by atoms with Gasteiger partial charge in [0.15, 0.2) is 0 Å². The SMILES string of the molecule is Cc1cccc(C(O)C2CCOC3(CCOCC3)C2)c1Cl. The smallest absolute Gasteiger partial charge is 0.0834 e. The van der Waals surface area contributed by atoms with Gasteiger partial charge >= 0.3 is 0 Å². The molecule has 2 saturated heterocycles. The van der Waals surface area contributed by atoms with E-state index in [1.165, 1.54) is 0 Å². The molecular formula is C17H23ClO3. The van der Waals surface area contributed by atoms with Crippen molar-refractivity contribution < 1.29 is 14.6 Å². The fraction of sp³-hybridized carbons (Fsp3) is 0.647. The number of halogens is 1. The molecule has 2 unspecified atom stereocenters. The minimum atomic E-state index is -0.513. The zero-order chi connectivity index (χ0) is 14.9. The second-order valence-electron chi connectivity index (χ2n) is 6.32. The van der Waals surface area contributed by atoms with Crippen LogP contribution in [-0.4, -0.2) is 30.5 Å². The van der Waals surface area contributed by atoms with Crippen LogP contribution >= 0.6 is 11.6 Å². The highest BCUT2D eigenvalue weighted by Gasteiger charge is 2.41. The summed E-state index contributed by atoms with van der Waals surface area (Å²) in [4.78, 5) is 0. The van der Waals surface area contributed by atoms with Gasteiger partial charge in [-0.2, -0.15) is 0 Å². The molecule has 2 fully saturated rings. The van der Waals surface area contributed by atoms with Crippen molar-refractivity contribution in [2.24, 2.45) is 5.92 Å². The van der Waals surface area contributed by atoms with Crippen LogP contribution in [0.2, 0.25) is 5.02 Å². The lowest BCUT2D eigenvalue weighted by Gasteiger charge is -2.44. The van der Waals surface area contributed by atoms with Crippen molar-refractivity contribution in [1.29, 1.82) is 0 Å². The largest absolute Gasteiger partial charge is 0.388 e. The Hall–Kier alpha value is -0.610.